The van der Waals surface area contributed by atoms with Crippen LogP contribution in [0, 0.1) is 13.8 Å². The van der Waals surface area contributed by atoms with E-state index in [1.807, 2.05) is 26.0 Å². The van der Waals surface area contributed by atoms with E-state index >= 15 is 0 Å². The number of ketones is 1. The molecule has 2 rings (SSSR count). The standard InChI is InChI=1S/C17H25NO2/c1-5-17(4,18-6-8-20-9-7-18)16(19)15-11-13(2)10-14(3)12-15/h10-12H,5-9H2,1-4H3. The maximum atomic E-state index is 13.0. The molecule has 1 atom stereocenters. The van der Waals surface area contributed by atoms with Crippen molar-refractivity contribution >= 4 is 5.78 Å². The van der Waals surface area contributed by atoms with Crippen LogP contribution in [0.25, 0.3) is 0 Å². The van der Waals surface area contributed by atoms with Crippen LogP contribution in [0.1, 0.15) is 41.8 Å². The van der Waals surface area contributed by atoms with Gasteiger partial charge in [0.1, 0.15) is 0 Å². The first-order valence-corrected chi connectivity index (χ1v) is 7.43. The molecule has 0 bridgehead atoms. The van der Waals surface area contributed by atoms with E-state index in [1.165, 1.54) is 0 Å². The van der Waals surface area contributed by atoms with Gasteiger partial charge in [-0.2, -0.15) is 0 Å². The van der Waals surface area contributed by atoms with Gasteiger partial charge in [0, 0.05) is 18.7 Å². The lowest BCUT2D eigenvalue weighted by molar-refractivity contribution is -0.0106. The van der Waals surface area contributed by atoms with Gasteiger partial charge in [-0.1, -0.05) is 24.1 Å². The van der Waals surface area contributed by atoms with Crippen LogP contribution in [-0.2, 0) is 4.74 Å². The van der Waals surface area contributed by atoms with Gasteiger partial charge in [-0.05, 0) is 39.3 Å². The summed E-state index contributed by atoms with van der Waals surface area (Å²) in [6, 6.07) is 6.11. The van der Waals surface area contributed by atoms with Crippen molar-refractivity contribution in [1.82, 2.24) is 4.90 Å². The molecule has 1 saturated heterocycles. The number of morpholine rings is 1. The number of rotatable bonds is 4. The van der Waals surface area contributed by atoms with Crippen molar-refractivity contribution in [3.8, 4) is 0 Å². The van der Waals surface area contributed by atoms with Crippen molar-refractivity contribution in [2.45, 2.75) is 39.7 Å². The first-order chi connectivity index (χ1) is 9.47. The molecular formula is C17H25NO2. The zero-order valence-corrected chi connectivity index (χ0v) is 13.0. The number of carbonyl (C=O) groups is 1. The largest absolute Gasteiger partial charge is 0.379 e. The van der Waals surface area contributed by atoms with E-state index in [0.29, 0.717) is 0 Å². The molecule has 3 heteroatoms. The molecule has 0 amide bonds. The lowest BCUT2D eigenvalue weighted by atomic mass is 9.85. The molecule has 0 N–H and O–H groups in total. The molecule has 20 heavy (non-hydrogen) atoms. The Balaban J connectivity index is 2.31. The van der Waals surface area contributed by atoms with E-state index in [9.17, 15) is 4.79 Å². The SMILES string of the molecule is CCC(C)(C(=O)c1cc(C)cc(C)c1)N1CCOCC1. The molecule has 1 fully saturated rings. The maximum Gasteiger partial charge on any atom is 0.182 e. The smallest absolute Gasteiger partial charge is 0.182 e. The molecule has 0 radical (unpaired) electrons. The first kappa shape index (κ1) is 15.2. The average molecular weight is 275 g/mol. The molecule has 1 aliphatic rings. The Labute approximate surface area is 121 Å². The second kappa shape index (κ2) is 6.06. The van der Waals surface area contributed by atoms with Crippen molar-refractivity contribution < 1.29 is 9.53 Å². The zero-order valence-electron chi connectivity index (χ0n) is 13.0. The third kappa shape index (κ3) is 2.94. The molecule has 0 aliphatic carbocycles. The lowest BCUT2D eigenvalue weighted by Crippen LogP contribution is -2.56. The van der Waals surface area contributed by atoms with Gasteiger partial charge in [0.25, 0.3) is 0 Å². The van der Waals surface area contributed by atoms with E-state index in [-0.39, 0.29) is 5.78 Å². The van der Waals surface area contributed by atoms with Gasteiger partial charge < -0.3 is 4.74 Å². The number of nitrogens with zero attached hydrogens (tertiary/aromatic N) is 1. The van der Waals surface area contributed by atoms with Crippen LogP contribution < -0.4 is 0 Å². The summed E-state index contributed by atoms with van der Waals surface area (Å²) < 4.78 is 5.41. The van der Waals surface area contributed by atoms with Crippen molar-refractivity contribution in [3.05, 3.63) is 34.9 Å². The minimum absolute atomic E-state index is 0.230. The van der Waals surface area contributed by atoms with Crippen LogP contribution in [-0.4, -0.2) is 42.5 Å². The van der Waals surface area contributed by atoms with Crippen LogP contribution in [0.5, 0.6) is 0 Å². The number of ether oxygens (including phenoxy) is 1. The zero-order chi connectivity index (χ0) is 14.8. The molecule has 1 aromatic rings. The fourth-order valence-electron chi connectivity index (χ4n) is 3.00. The molecule has 1 heterocycles. The number of hydrogen-bond acceptors (Lipinski definition) is 3. The first-order valence-electron chi connectivity index (χ1n) is 7.43. The van der Waals surface area contributed by atoms with Gasteiger partial charge in [0.05, 0.1) is 18.8 Å². The Bertz CT molecular complexity index is 472. The summed E-state index contributed by atoms with van der Waals surface area (Å²) in [5.74, 6) is 0.230. The number of Topliss-reactive ketones (excluding diaryl/α,β-unsaturated/α-hetero) is 1. The second-order valence-corrected chi connectivity index (χ2v) is 5.93. The third-order valence-electron chi connectivity index (χ3n) is 4.37. The molecule has 0 aromatic heterocycles. The van der Waals surface area contributed by atoms with Crippen LogP contribution in [0.15, 0.2) is 18.2 Å². The topological polar surface area (TPSA) is 29.5 Å². The van der Waals surface area contributed by atoms with Crippen LogP contribution in [0.3, 0.4) is 0 Å². The summed E-state index contributed by atoms with van der Waals surface area (Å²) in [4.78, 5) is 15.3. The Kier molecular flexibility index (Phi) is 4.61. The Morgan fingerprint density at radius 1 is 1.20 bits per heavy atom. The van der Waals surface area contributed by atoms with Gasteiger partial charge in [0.2, 0.25) is 0 Å². The van der Waals surface area contributed by atoms with E-state index < -0.39 is 5.54 Å². The lowest BCUT2D eigenvalue weighted by Gasteiger charge is -2.41. The van der Waals surface area contributed by atoms with Gasteiger partial charge in [-0.15, -0.1) is 0 Å². The highest BCUT2D eigenvalue weighted by atomic mass is 16.5. The highest BCUT2D eigenvalue weighted by Crippen LogP contribution is 2.26. The number of hydrogen-bond donors (Lipinski definition) is 0. The quantitative estimate of drug-likeness (QED) is 0.791. The second-order valence-electron chi connectivity index (χ2n) is 5.93. The average Bonchev–Trinajstić information content (AvgIpc) is 2.45. The fourth-order valence-corrected chi connectivity index (χ4v) is 3.00. The van der Waals surface area contributed by atoms with E-state index in [1.54, 1.807) is 0 Å². The highest BCUT2D eigenvalue weighted by Gasteiger charge is 2.38. The van der Waals surface area contributed by atoms with Gasteiger partial charge in [-0.25, -0.2) is 0 Å². The van der Waals surface area contributed by atoms with Crippen LogP contribution in [0.2, 0.25) is 0 Å². The van der Waals surface area contributed by atoms with E-state index in [4.69, 9.17) is 4.74 Å². The van der Waals surface area contributed by atoms with Gasteiger partial charge in [0.15, 0.2) is 5.78 Å². The summed E-state index contributed by atoms with van der Waals surface area (Å²) in [5.41, 5.74) is 2.70. The van der Waals surface area contributed by atoms with Crippen molar-refractivity contribution in [1.29, 1.82) is 0 Å². The van der Waals surface area contributed by atoms with Gasteiger partial charge >= 0.3 is 0 Å². The molecule has 0 saturated carbocycles. The van der Waals surface area contributed by atoms with Crippen molar-refractivity contribution in [2.24, 2.45) is 0 Å². The third-order valence-corrected chi connectivity index (χ3v) is 4.37. The molecular weight excluding hydrogens is 250 g/mol. The normalized spacial score (nSPS) is 19.6. The molecule has 1 aliphatic heterocycles. The fraction of sp³-hybridized carbons (Fsp3) is 0.588. The molecule has 0 spiro atoms. The summed E-state index contributed by atoms with van der Waals surface area (Å²) in [6.45, 7) is 11.4. The maximum absolute atomic E-state index is 13.0. The van der Waals surface area contributed by atoms with Crippen molar-refractivity contribution in [3.63, 3.8) is 0 Å². The van der Waals surface area contributed by atoms with Crippen LogP contribution >= 0.6 is 0 Å². The predicted molar refractivity (Wildman–Crippen MR) is 81.3 cm³/mol. The summed E-state index contributed by atoms with van der Waals surface area (Å²) in [5, 5.41) is 0. The summed E-state index contributed by atoms with van der Waals surface area (Å²) in [7, 11) is 0. The highest BCUT2D eigenvalue weighted by molar-refractivity contribution is 6.03. The molecule has 110 valence electrons. The predicted octanol–water partition coefficient (Wildman–Crippen LogP) is 2.99. The summed E-state index contributed by atoms with van der Waals surface area (Å²) in [6.07, 6.45) is 0.818. The Morgan fingerprint density at radius 3 is 2.25 bits per heavy atom. The molecule has 1 unspecified atom stereocenters. The Morgan fingerprint density at radius 2 is 1.75 bits per heavy atom. The number of carbonyl (C=O) groups excluding carboxylic acids is 1. The number of aryl methyl sites for hydroxylation is 2. The number of benzene rings is 1. The summed E-state index contributed by atoms with van der Waals surface area (Å²) >= 11 is 0. The molecule has 1 aromatic carbocycles. The monoisotopic (exact) mass is 275 g/mol. The molecule has 3 nitrogen and oxygen atoms in total. The van der Waals surface area contributed by atoms with E-state index in [0.717, 1.165) is 49.4 Å². The van der Waals surface area contributed by atoms with E-state index in [2.05, 4.69) is 24.8 Å². The minimum Gasteiger partial charge on any atom is -0.379 e. The minimum atomic E-state index is -0.427. The Hall–Kier alpha value is -1.19. The van der Waals surface area contributed by atoms with Gasteiger partial charge in [-0.3, -0.25) is 9.69 Å². The van der Waals surface area contributed by atoms with Crippen molar-refractivity contribution in [2.75, 3.05) is 26.3 Å². The van der Waals surface area contributed by atoms with Crippen LogP contribution in [0.4, 0.5) is 0 Å².